The fourth-order valence-corrected chi connectivity index (χ4v) is 3.60. The molecule has 6 nitrogen and oxygen atoms in total. The molecule has 3 rings (SSSR count). The molecule has 2 aromatic rings. The smallest absolute Gasteiger partial charge is 0.330 e. The first-order chi connectivity index (χ1) is 14.5. The van der Waals surface area contributed by atoms with Crippen molar-refractivity contribution >= 4 is 18.3 Å². The van der Waals surface area contributed by atoms with Crippen molar-refractivity contribution in [3.05, 3.63) is 59.5 Å². The summed E-state index contributed by atoms with van der Waals surface area (Å²) in [6, 6.07) is -0.677. The van der Waals surface area contributed by atoms with Gasteiger partial charge < -0.3 is 15.2 Å². The predicted octanol–water partition coefficient (Wildman–Crippen LogP) is 3.56. The van der Waals surface area contributed by atoms with E-state index in [9.17, 15) is 31.1 Å². The number of nitrogens with two attached hydrogens (primary N) is 1. The Hall–Kier alpha value is -2.60. The van der Waals surface area contributed by atoms with Crippen LogP contribution in [0.1, 0.15) is 36.1 Å². The number of aromatic nitrogens is 3. The average Bonchev–Trinajstić information content (AvgIpc) is 3.11. The first-order valence-corrected chi connectivity index (χ1v) is 9.32. The molecule has 2 heterocycles. The minimum absolute atomic E-state index is 0. The van der Waals surface area contributed by atoms with Gasteiger partial charge in [0, 0.05) is 31.6 Å². The summed E-state index contributed by atoms with van der Waals surface area (Å²) >= 11 is 0. The summed E-state index contributed by atoms with van der Waals surface area (Å²) < 4.78 is 80.5. The first kappa shape index (κ1) is 25.7. The number of carbonyl (C=O) groups is 1. The van der Waals surface area contributed by atoms with Gasteiger partial charge in [0.25, 0.3) is 0 Å². The summed E-state index contributed by atoms with van der Waals surface area (Å²) in [7, 11) is 0. The maximum Gasteiger partial charge on any atom is 0.451 e. The summed E-state index contributed by atoms with van der Waals surface area (Å²) in [5, 5.41) is 6.85. The van der Waals surface area contributed by atoms with Crippen molar-refractivity contribution in [1.82, 2.24) is 19.7 Å². The zero-order valence-corrected chi connectivity index (χ0v) is 17.4. The topological polar surface area (TPSA) is 77.0 Å². The molecule has 13 heteroatoms. The first-order valence-electron chi connectivity index (χ1n) is 9.32. The lowest BCUT2D eigenvalue weighted by molar-refractivity contribution is -0.148. The third kappa shape index (κ3) is 5.23. The van der Waals surface area contributed by atoms with Crippen LogP contribution in [0.15, 0.2) is 24.8 Å². The Morgan fingerprint density at radius 1 is 1.19 bits per heavy atom. The molecule has 2 N–H and O–H groups in total. The summed E-state index contributed by atoms with van der Waals surface area (Å²) in [6.45, 7) is 3.36. The van der Waals surface area contributed by atoms with Gasteiger partial charge in [0.1, 0.15) is 5.82 Å². The fraction of sp³-hybridized carbons (Fsp3) is 0.421. The molecule has 0 aliphatic carbocycles. The molecule has 0 bridgehead atoms. The van der Waals surface area contributed by atoms with Crippen LogP contribution in [0.5, 0.6) is 0 Å². The van der Waals surface area contributed by atoms with Crippen LogP contribution in [0, 0.1) is 17.5 Å². The van der Waals surface area contributed by atoms with E-state index in [2.05, 4.69) is 16.8 Å². The molecule has 2 atom stereocenters. The highest BCUT2D eigenvalue weighted by Crippen LogP contribution is 2.34. The monoisotopic (exact) mass is 483 g/mol. The second-order valence-electron chi connectivity index (χ2n) is 7.18. The number of hydrogen-bond donors (Lipinski definition) is 1. The van der Waals surface area contributed by atoms with E-state index in [1.54, 1.807) is 0 Å². The van der Waals surface area contributed by atoms with E-state index in [4.69, 9.17) is 5.73 Å². The molecule has 1 aliphatic heterocycles. The van der Waals surface area contributed by atoms with E-state index in [0.29, 0.717) is 12.1 Å². The number of carbonyl (C=O) groups excluding carboxylic acids is 1. The van der Waals surface area contributed by atoms with E-state index in [0.717, 1.165) is 4.57 Å². The Morgan fingerprint density at radius 3 is 2.47 bits per heavy atom. The van der Waals surface area contributed by atoms with Crippen LogP contribution in [0.25, 0.3) is 0 Å². The highest BCUT2D eigenvalue weighted by Gasteiger charge is 2.42. The predicted molar refractivity (Wildman–Crippen MR) is 104 cm³/mol. The second-order valence-corrected chi connectivity index (χ2v) is 7.18. The number of fused-ring (bicyclic) bond motifs is 1. The maximum absolute atomic E-state index is 13.8. The number of benzene rings is 1. The van der Waals surface area contributed by atoms with Crippen LogP contribution in [0.2, 0.25) is 0 Å². The van der Waals surface area contributed by atoms with E-state index in [1.165, 1.54) is 11.0 Å². The van der Waals surface area contributed by atoms with Crippen molar-refractivity contribution < 1.29 is 31.1 Å². The standard InChI is InChI=1S/C19H19F6N5O.ClH/c1-2-3-15-17-27-28-18(19(23,24)25)30(17)5-4-29(15)16(31)8-11(26)6-10-7-13(21)14(22)9-12(10)20;/h2,7,9,11,15H,1,3-6,8,26H2;1H/t11-,15-;/m1./s1. The van der Waals surface area contributed by atoms with Crippen molar-refractivity contribution in [3.63, 3.8) is 0 Å². The van der Waals surface area contributed by atoms with Gasteiger partial charge in [-0.2, -0.15) is 13.2 Å². The van der Waals surface area contributed by atoms with Gasteiger partial charge in [-0.3, -0.25) is 4.79 Å². The molecule has 32 heavy (non-hydrogen) atoms. The molecule has 0 saturated heterocycles. The Balaban J connectivity index is 0.00000363. The van der Waals surface area contributed by atoms with Crippen molar-refractivity contribution in [2.24, 2.45) is 5.73 Å². The molecule has 0 fully saturated rings. The van der Waals surface area contributed by atoms with Crippen molar-refractivity contribution in [2.45, 2.75) is 44.1 Å². The van der Waals surface area contributed by atoms with Crippen molar-refractivity contribution in [1.29, 1.82) is 0 Å². The second kappa shape index (κ2) is 9.90. The Labute approximate surface area is 185 Å². The number of alkyl halides is 3. The van der Waals surface area contributed by atoms with Gasteiger partial charge >= 0.3 is 6.18 Å². The van der Waals surface area contributed by atoms with E-state index < -0.39 is 47.4 Å². The normalized spacial score (nSPS) is 16.8. The summed E-state index contributed by atoms with van der Waals surface area (Å²) in [4.78, 5) is 14.1. The molecule has 1 aromatic carbocycles. The molecule has 176 valence electrons. The fourth-order valence-electron chi connectivity index (χ4n) is 3.60. The van der Waals surface area contributed by atoms with Gasteiger partial charge in [0.15, 0.2) is 17.5 Å². The van der Waals surface area contributed by atoms with E-state index in [1.807, 2.05) is 0 Å². The van der Waals surface area contributed by atoms with Gasteiger partial charge in [0.05, 0.1) is 6.04 Å². The summed E-state index contributed by atoms with van der Waals surface area (Å²) in [5.74, 6) is -5.23. The quantitative estimate of drug-likeness (QED) is 0.387. The molecule has 1 amide bonds. The number of rotatable bonds is 6. The van der Waals surface area contributed by atoms with Gasteiger partial charge in [0.2, 0.25) is 11.7 Å². The Morgan fingerprint density at radius 2 is 1.84 bits per heavy atom. The third-order valence-corrected chi connectivity index (χ3v) is 4.99. The molecule has 0 radical (unpaired) electrons. The van der Waals surface area contributed by atoms with Gasteiger partial charge in [-0.05, 0) is 24.5 Å². The minimum atomic E-state index is -4.69. The molecule has 0 unspecified atom stereocenters. The van der Waals surface area contributed by atoms with E-state index >= 15 is 0 Å². The van der Waals surface area contributed by atoms with Crippen molar-refractivity contribution in [3.8, 4) is 0 Å². The number of halogens is 7. The molecule has 0 saturated carbocycles. The molecule has 1 aromatic heterocycles. The average molecular weight is 484 g/mol. The maximum atomic E-state index is 13.8. The molecular weight excluding hydrogens is 464 g/mol. The van der Waals surface area contributed by atoms with Crippen LogP contribution in [-0.4, -0.2) is 38.2 Å². The van der Waals surface area contributed by atoms with Crippen LogP contribution in [-0.2, 0) is 23.9 Å². The lowest BCUT2D eigenvalue weighted by Gasteiger charge is -2.36. The number of hydrogen-bond acceptors (Lipinski definition) is 4. The Bertz CT molecular complexity index is 995. The van der Waals surface area contributed by atoms with Gasteiger partial charge in [-0.15, -0.1) is 29.2 Å². The Kier molecular flexibility index (Phi) is 7.94. The molecule has 1 aliphatic rings. The van der Waals surface area contributed by atoms with Gasteiger partial charge in [-0.25, -0.2) is 13.2 Å². The lowest BCUT2D eigenvalue weighted by atomic mass is 10.0. The number of amides is 1. The third-order valence-electron chi connectivity index (χ3n) is 4.99. The van der Waals surface area contributed by atoms with Crippen LogP contribution >= 0.6 is 12.4 Å². The molecular formula is C19H20ClF6N5O. The zero-order chi connectivity index (χ0) is 22.9. The number of nitrogens with zero attached hydrogens (tertiary/aromatic N) is 4. The van der Waals surface area contributed by atoms with Crippen LogP contribution in [0.3, 0.4) is 0 Å². The largest absolute Gasteiger partial charge is 0.451 e. The zero-order valence-electron chi connectivity index (χ0n) is 16.6. The van der Waals surface area contributed by atoms with Crippen molar-refractivity contribution in [2.75, 3.05) is 6.54 Å². The highest BCUT2D eigenvalue weighted by molar-refractivity contribution is 5.85. The SMILES string of the molecule is C=CC[C@@H]1c2nnc(C(F)(F)F)n2CCN1C(=O)C[C@H](N)Cc1cc(F)c(F)cc1F.Cl. The summed E-state index contributed by atoms with van der Waals surface area (Å²) in [6.07, 6.45) is -3.63. The minimum Gasteiger partial charge on any atom is -0.330 e. The highest BCUT2D eigenvalue weighted by atomic mass is 35.5. The lowest BCUT2D eigenvalue weighted by Crippen LogP contribution is -2.45. The van der Waals surface area contributed by atoms with Gasteiger partial charge in [-0.1, -0.05) is 6.08 Å². The van der Waals surface area contributed by atoms with Crippen LogP contribution in [0.4, 0.5) is 26.3 Å². The van der Waals surface area contributed by atoms with Crippen LogP contribution < -0.4 is 5.73 Å². The van der Waals surface area contributed by atoms with E-state index in [-0.39, 0.29) is 56.1 Å². The molecule has 0 spiro atoms. The summed E-state index contributed by atoms with van der Waals surface area (Å²) in [5.41, 5.74) is 5.73.